The molecule has 4 aromatic carbocycles. The molecule has 272 valence electrons. The number of esters is 4. The van der Waals surface area contributed by atoms with E-state index >= 15 is 0 Å². The molecule has 0 N–H and O–H groups in total. The summed E-state index contributed by atoms with van der Waals surface area (Å²) in [6, 6.07) is 24.2. The van der Waals surface area contributed by atoms with Crippen LogP contribution in [0, 0.1) is 0 Å². The highest BCUT2D eigenvalue weighted by Crippen LogP contribution is 2.31. The fourth-order valence-corrected chi connectivity index (χ4v) is 7.23. The normalized spacial score (nSPS) is 12.1. The number of fused-ring (bicyclic) bond motifs is 8. The number of carbonyl (C=O) groups excluding carboxylic acids is 4. The lowest BCUT2D eigenvalue weighted by Gasteiger charge is -2.22. The first-order chi connectivity index (χ1) is 25.2. The molecule has 0 saturated carbocycles. The van der Waals surface area contributed by atoms with Gasteiger partial charge in [-0.1, -0.05) is 72.8 Å². The highest BCUT2D eigenvalue weighted by molar-refractivity contribution is 5.77. The molecule has 0 amide bonds. The van der Waals surface area contributed by atoms with Crippen molar-refractivity contribution in [3.05, 3.63) is 140 Å². The summed E-state index contributed by atoms with van der Waals surface area (Å²) in [5.74, 6) is -1.28. The predicted octanol–water partition coefficient (Wildman–Crippen LogP) is 6.79. The lowest BCUT2D eigenvalue weighted by molar-refractivity contribution is -0.143. The molecular formula is C44H48O8. The van der Waals surface area contributed by atoms with Gasteiger partial charge in [-0.15, -0.1) is 0 Å². The van der Waals surface area contributed by atoms with E-state index in [0.717, 1.165) is 66.8 Å². The molecule has 0 atom stereocenters. The first kappa shape index (κ1) is 38.0. The largest absolute Gasteiger partial charge is 0.466 e. The fourth-order valence-electron chi connectivity index (χ4n) is 7.23. The third-order valence-electron chi connectivity index (χ3n) is 9.51. The molecule has 1 aliphatic rings. The van der Waals surface area contributed by atoms with Crippen LogP contribution in [0.5, 0.6) is 0 Å². The van der Waals surface area contributed by atoms with E-state index in [2.05, 4.69) is 0 Å². The van der Waals surface area contributed by atoms with Crippen molar-refractivity contribution in [3.8, 4) is 0 Å². The van der Waals surface area contributed by atoms with Crippen molar-refractivity contribution in [2.45, 2.75) is 79.1 Å². The fraction of sp³-hybridized carbons (Fsp3) is 0.364. The molecular weight excluding hydrogens is 656 g/mol. The highest BCUT2D eigenvalue weighted by Gasteiger charge is 2.23. The summed E-state index contributed by atoms with van der Waals surface area (Å²) in [5, 5.41) is 0. The number of rotatable bonds is 12. The summed E-state index contributed by atoms with van der Waals surface area (Å²) in [7, 11) is 0. The van der Waals surface area contributed by atoms with Gasteiger partial charge in [0, 0.05) is 0 Å². The SMILES string of the molecule is CCOC(=O)Cc1c2cccc1Cc1cccc(c1CC(=O)OCC)Cc1cccc(c1CC(=O)OCC)Cc1cccc(c1CC(=O)OCC)C2. The smallest absolute Gasteiger partial charge is 0.310 e. The van der Waals surface area contributed by atoms with Gasteiger partial charge in [0.05, 0.1) is 52.1 Å². The number of hydrogen-bond donors (Lipinski definition) is 0. The number of ether oxygens (including phenoxy) is 4. The first-order valence-electron chi connectivity index (χ1n) is 18.2. The van der Waals surface area contributed by atoms with Gasteiger partial charge < -0.3 is 18.9 Å². The third-order valence-corrected chi connectivity index (χ3v) is 9.51. The van der Waals surface area contributed by atoms with E-state index in [0.29, 0.717) is 25.7 Å². The lowest BCUT2D eigenvalue weighted by Crippen LogP contribution is -2.17. The molecule has 0 saturated heterocycles. The summed E-state index contributed by atoms with van der Waals surface area (Å²) in [6.07, 6.45) is 2.21. The molecule has 0 aromatic heterocycles. The topological polar surface area (TPSA) is 105 Å². The molecule has 0 aliphatic heterocycles. The second-order valence-corrected chi connectivity index (χ2v) is 12.9. The molecule has 0 unspecified atom stereocenters. The molecule has 0 spiro atoms. The Morgan fingerprint density at radius 2 is 0.538 bits per heavy atom. The van der Waals surface area contributed by atoms with Gasteiger partial charge in [-0.2, -0.15) is 0 Å². The Hall–Kier alpha value is -5.24. The highest BCUT2D eigenvalue weighted by atomic mass is 16.5. The van der Waals surface area contributed by atoms with Crippen LogP contribution in [0.2, 0.25) is 0 Å². The van der Waals surface area contributed by atoms with Gasteiger partial charge in [0.15, 0.2) is 0 Å². The van der Waals surface area contributed by atoms with Gasteiger partial charge in [-0.3, -0.25) is 19.2 Å². The monoisotopic (exact) mass is 704 g/mol. The predicted molar refractivity (Wildman–Crippen MR) is 198 cm³/mol. The molecule has 0 radical (unpaired) electrons. The van der Waals surface area contributed by atoms with Crippen LogP contribution in [0.3, 0.4) is 0 Å². The molecule has 1 aliphatic carbocycles. The summed E-state index contributed by atoms with van der Waals surface area (Å²) in [6.45, 7) is 8.26. The first-order valence-corrected chi connectivity index (χ1v) is 18.2. The van der Waals surface area contributed by atoms with E-state index in [1.165, 1.54) is 0 Å². The second kappa shape index (κ2) is 18.3. The summed E-state index contributed by atoms with van der Waals surface area (Å²) in [5.41, 5.74) is 11.1. The number of benzene rings is 4. The Labute approximate surface area is 306 Å². The minimum atomic E-state index is -0.320. The van der Waals surface area contributed by atoms with E-state index in [-0.39, 0.29) is 76.0 Å². The minimum absolute atomic E-state index is 0.0843. The zero-order chi connectivity index (χ0) is 37.0. The lowest BCUT2D eigenvalue weighted by atomic mass is 9.83. The van der Waals surface area contributed by atoms with Crippen molar-refractivity contribution in [1.29, 1.82) is 0 Å². The van der Waals surface area contributed by atoms with Gasteiger partial charge >= 0.3 is 23.9 Å². The van der Waals surface area contributed by atoms with Gasteiger partial charge in [-0.25, -0.2) is 0 Å². The Kier molecular flexibility index (Phi) is 13.4. The van der Waals surface area contributed by atoms with Crippen LogP contribution < -0.4 is 0 Å². The van der Waals surface area contributed by atoms with Crippen LogP contribution >= 0.6 is 0 Å². The maximum atomic E-state index is 13.1. The van der Waals surface area contributed by atoms with Crippen LogP contribution in [-0.4, -0.2) is 50.3 Å². The average Bonchev–Trinajstić information content (AvgIpc) is 3.10. The number of hydrogen-bond acceptors (Lipinski definition) is 8. The van der Waals surface area contributed by atoms with Gasteiger partial charge in [0.25, 0.3) is 0 Å². The van der Waals surface area contributed by atoms with Crippen LogP contribution in [0.15, 0.2) is 72.8 Å². The second-order valence-electron chi connectivity index (χ2n) is 12.9. The van der Waals surface area contributed by atoms with E-state index in [1.54, 1.807) is 27.7 Å². The Balaban J connectivity index is 1.78. The zero-order valence-electron chi connectivity index (χ0n) is 30.7. The molecule has 0 heterocycles. The molecule has 8 nitrogen and oxygen atoms in total. The van der Waals surface area contributed by atoms with Crippen LogP contribution in [0.25, 0.3) is 0 Å². The Morgan fingerprint density at radius 3 is 0.692 bits per heavy atom. The van der Waals surface area contributed by atoms with Crippen molar-refractivity contribution in [2.75, 3.05) is 26.4 Å². The Bertz CT molecular complexity index is 1560. The molecule has 5 rings (SSSR count). The molecule has 8 heteroatoms. The quantitative estimate of drug-likeness (QED) is 0.103. The summed E-state index contributed by atoms with van der Waals surface area (Å²) >= 11 is 0. The number of carbonyl (C=O) groups is 4. The standard InChI is InChI=1S/C44H48O8/c1-5-49-41(45)25-37-29-13-9-14-30(37)22-32-16-11-18-34(39(32)27-43(47)51-7-3)24-36-20-12-19-35(40(36)28-44(48)52-8-4)23-33-17-10-15-31(21-29)38(33)26-42(46)50-6-2/h9-20H,5-8,21-28H2,1-4H3. The molecule has 4 aromatic rings. The van der Waals surface area contributed by atoms with Gasteiger partial charge in [0.2, 0.25) is 0 Å². The summed E-state index contributed by atoms with van der Waals surface area (Å²) in [4.78, 5) is 52.4. The Morgan fingerprint density at radius 1 is 0.365 bits per heavy atom. The van der Waals surface area contributed by atoms with E-state index < -0.39 is 0 Å². The molecule has 0 fully saturated rings. The maximum absolute atomic E-state index is 13.1. The van der Waals surface area contributed by atoms with Crippen molar-refractivity contribution in [1.82, 2.24) is 0 Å². The minimum Gasteiger partial charge on any atom is -0.466 e. The van der Waals surface area contributed by atoms with Gasteiger partial charge in [-0.05, 0) is 120 Å². The third kappa shape index (κ3) is 9.55. The maximum Gasteiger partial charge on any atom is 0.310 e. The van der Waals surface area contributed by atoms with Crippen LogP contribution in [0.1, 0.15) is 94.5 Å². The van der Waals surface area contributed by atoms with Crippen molar-refractivity contribution >= 4 is 23.9 Å². The van der Waals surface area contributed by atoms with Crippen molar-refractivity contribution in [3.63, 3.8) is 0 Å². The zero-order valence-corrected chi connectivity index (χ0v) is 30.7. The average molecular weight is 705 g/mol. The van der Waals surface area contributed by atoms with Crippen LogP contribution in [0.4, 0.5) is 0 Å². The van der Waals surface area contributed by atoms with E-state index in [4.69, 9.17) is 18.9 Å². The van der Waals surface area contributed by atoms with Crippen molar-refractivity contribution < 1.29 is 38.1 Å². The van der Waals surface area contributed by atoms with Gasteiger partial charge in [0.1, 0.15) is 0 Å². The summed E-state index contributed by atoms with van der Waals surface area (Å²) < 4.78 is 21.8. The molecule has 52 heavy (non-hydrogen) atoms. The van der Waals surface area contributed by atoms with E-state index in [1.807, 2.05) is 72.8 Å². The van der Waals surface area contributed by atoms with E-state index in [9.17, 15) is 19.2 Å². The van der Waals surface area contributed by atoms with Crippen LogP contribution in [-0.2, 0) is 89.5 Å². The molecule has 8 bridgehead atoms. The van der Waals surface area contributed by atoms with Crippen molar-refractivity contribution in [2.24, 2.45) is 0 Å².